The maximum absolute atomic E-state index is 13.8. The van der Waals surface area contributed by atoms with Crippen molar-refractivity contribution in [2.75, 3.05) is 0 Å². The highest BCUT2D eigenvalue weighted by Gasteiger charge is 2.54. The fourth-order valence-electron chi connectivity index (χ4n) is 8.25. The highest BCUT2D eigenvalue weighted by molar-refractivity contribution is 7.90. The second-order valence-corrected chi connectivity index (χ2v) is 16.6. The van der Waals surface area contributed by atoms with Crippen LogP contribution in [0.25, 0.3) is 11.1 Å². The molecule has 258 valence electrons. The van der Waals surface area contributed by atoms with Crippen LogP contribution in [0.15, 0.2) is 83.0 Å². The molecule has 4 aromatic carbocycles. The average Bonchev–Trinajstić information content (AvgIpc) is 3.05. The van der Waals surface area contributed by atoms with Crippen LogP contribution in [0.4, 0.5) is 0 Å². The van der Waals surface area contributed by atoms with Crippen LogP contribution in [0.5, 0.6) is 0 Å². The fraction of sp³-hybridized carbons (Fsp3) is 0.222. The molecule has 2 unspecified atom stereocenters. The second kappa shape index (κ2) is 11.8. The van der Waals surface area contributed by atoms with Crippen LogP contribution in [0.3, 0.4) is 0 Å². The highest BCUT2D eigenvalue weighted by Crippen LogP contribution is 2.50. The summed E-state index contributed by atoms with van der Waals surface area (Å²) in [5.74, 6) is 11.4. The summed E-state index contributed by atoms with van der Waals surface area (Å²) < 4.78 is 51.5. The number of nitrogens with two attached hydrogens (primary N) is 4. The van der Waals surface area contributed by atoms with Crippen molar-refractivity contribution in [3.63, 3.8) is 0 Å². The number of benzene rings is 4. The standard InChI is InChI=1S/C36H38N8O4S2/c1-19-13-23(14-20(2)31(19)35(49(41,45)46)17-29(43-39)33(37)25-9-5-7-11-27(25)35)24-15-21(3)32(22(4)16-24)36(50(42,47)48)18-30(44-40)34(38)26-10-6-8-12-28(26)36/h5-16,37-38H,17-18,39-40H2,1-4H3,(H2,41,45,46)(H2,42,47,48)/b37-33?,38-34?,43-29-,44-30+. The first-order chi connectivity index (χ1) is 23.4. The van der Waals surface area contributed by atoms with Crippen molar-refractivity contribution in [2.24, 2.45) is 32.2 Å². The van der Waals surface area contributed by atoms with E-state index >= 15 is 0 Å². The van der Waals surface area contributed by atoms with E-state index in [-0.39, 0.29) is 35.7 Å². The molecule has 2 aliphatic carbocycles. The first-order valence-corrected chi connectivity index (χ1v) is 18.7. The predicted octanol–water partition coefficient (Wildman–Crippen LogP) is 3.82. The first-order valence-electron chi connectivity index (χ1n) is 15.6. The monoisotopic (exact) mass is 710 g/mol. The molecule has 10 N–H and O–H groups in total. The summed E-state index contributed by atoms with van der Waals surface area (Å²) in [6.07, 6.45) is -0.427. The number of hydrogen-bond donors (Lipinski definition) is 6. The molecule has 0 aliphatic heterocycles. The Morgan fingerprint density at radius 3 is 1.16 bits per heavy atom. The van der Waals surface area contributed by atoms with Gasteiger partial charge >= 0.3 is 0 Å². The summed E-state index contributed by atoms with van der Waals surface area (Å²) in [6, 6.07) is 21.0. The molecule has 12 nitrogen and oxygen atoms in total. The van der Waals surface area contributed by atoms with E-state index in [1.807, 2.05) is 52.0 Å². The van der Waals surface area contributed by atoms with E-state index in [4.69, 9.17) is 32.8 Å². The van der Waals surface area contributed by atoms with Crippen molar-refractivity contribution in [3.8, 4) is 11.1 Å². The molecule has 14 heteroatoms. The molecule has 0 bridgehead atoms. The number of fused-ring (bicyclic) bond motifs is 2. The fourth-order valence-corrected chi connectivity index (χ4v) is 11.1. The summed E-state index contributed by atoms with van der Waals surface area (Å²) in [7, 11) is -8.73. The molecule has 2 aliphatic rings. The van der Waals surface area contributed by atoms with E-state index in [0.29, 0.717) is 55.6 Å². The van der Waals surface area contributed by atoms with Crippen molar-refractivity contribution in [1.82, 2.24) is 0 Å². The number of nitrogens with zero attached hydrogens (tertiary/aromatic N) is 2. The molecule has 0 amide bonds. The van der Waals surface area contributed by atoms with Gasteiger partial charge in [-0.1, -0.05) is 72.8 Å². The average molecular weight is 711 g/mol. The second-order valence-electron chi connectivity index (χ2n) is 13.1. The highest BCUT2D eigenvalue weighted by atomic mass is 32.2. The Kier molecular flexibility index (Phi) is 8.22. The van der Waals surface area contributed by atoms with Gasteiger partial charge in [0.05, 0.1) is 22.8 Å². The van der Waals surface area contributed by atoms with Crippen LogP contribution in [0, 0.1) is 38.5 Å². The van der Waals surface area contributed by atoms with E-state index < -0.39 is 29.5 Å². The summed E-state index contributed by atoms with van der Waals surface area (Å²) in [5, 5.41) is 37.1. The van der Waals surface area contributed by atoms with Gasteiger partial charge in [0.2, 0.25) is 20.0 Å². The van der Waals surface area contributed by atoms with Gasteiger partial charge in [0.15, 0.2) is 0 Å². The summed E-state index contributed by atoms with van der Waals surface area (Å²) in [6.45, 7) is 7.25. The number of hydrogen-bond acceptors (Lipinski definition) is 10. The van der Waals surface area contributed by atoms with Gasteiger partial charge in [0.1, 0.15) is 9.49 Å². The quantitative estimate of drug-likeness (QED) is 0.133. The van der Waals surface area contributed by atoms with E-state index in [1.54, 1.807) is 48.5 Å². The predicted molar refractivity (Wildman–Crippen MR) is 198 cm³/mol. The number of rotatable bonds is 5. The van der Waals surface area contributed by atoms with Crippen molar-refractivity contribution in [1.29, 1.82) is 10.8 Å². The van der Waals surface area contributed by atoms with Crippen LogP contribution < -0.4 is 22.0 Å². The number of sulfonamides is 2. The zero-order valence-electron chi connectivity index (χ0n) is 28.0. The molecule has 0 saturated carbocycles. The minimum atomic E-state index is -4.37. The lowest BCUT2D eigenvalue weighted by molar-refractivity contribution is 0.554. The van der Waals surface area contributed by atoms with Gasteiger partial charge < -0.3 is 11.7 Å². The molecule has 0 spiro atoms. The Bertz CT molecular complexity index is 2240. The molecule has 0 saturated heterocycles. The lowest BCUT2D eigenvalue weighted by atomic mass is 9.72. The smallest absolute Gasteiger partial charge is 0.223 e. The summed E-state index contributed by atoms with van der Waals surface area (Å²) in [5.41, 5.74) is 6.85. The Balaban J connectivity index is 1.58. The van der Waals surface area contributed by atoms with E-state index in [2.05, 4.69) is 10.2 Å². The van der Waals surface area contributed by atoms with Gasteiger partial charge in [0.25, 0.3) is 0 Å². The lowest BCUT2D eigenvalue weighted by Crippen LogP contribution is -2.49. The van der Waals surface area contributed by atoms with Gasteiger partial charge in [-0.15, -0.1) is 0 Å². The Morgan fingerprint density at radius 1 is 0.580 bits per heavy atom. The molecule has 50 heavy (non-hydrogen) atoms. The van der Waals surface area contributed by atoms with Gasteiger partial charge in [-0.3, -0.25) is 10.8 Å². The zero-order chi connectivity index (χ0) is 36.6. The van der Waals surface area contributed by atoms with Gasteiger partial charge in [0, 0.05) is 24.0 Å². The number of primary sulfonamides is 2. The molecule has 0 fully saturated rings. The molecule has 0 radical (unpaired) electrons. The SMILES string of the molecule is Cc1cc(-c2cc(C)c(C3(S(N)(=O)=O)C/C(=N\N)C(=N)c4ccccc43)c(C)c2)cc(C)c1C1(S(N)(=O)=O)C/C(=N/N)C(=N)c2ccccc21. The van der Waals surface area contributed by atoms with E-state index in [9.17, 15) is 16.8 Å². The van der Waals surface area contributed by atoms with Gasteiger partial charge in [-0.2, -0.15) is 10.2 Å². The van der Waals surface area contributed by atoms with Crippen LogP contribution in [0.1, 0.15) is 68.5 Å². The van der Waals surface area contributed by atoms with Crippen molar-refractivity contribution >= 4 is 42.9 Å². The van der Waals surface area contributed by atoms with Crippen LogP contribution >= 0.6 is 0 Å². The molecule has 0 heterocycles. The zero-order valence-corrected chi connectivity index (χ0v) is 29.6. The van der Waals surface area contributed by atoms with Crippen LogP contribution in [-0.4, -0.2) is 39.7 Å². The van der Waals surface area contributed by atoms with Gasteiger partial charge in [-0.25, -0.2) is 27.1 Å². The summed E-state index contributed by atoms with van der Waals surface area (Å²) in [4.78, 5) is 0. The third-order valence-electron chi connectivity index (χ3n) is 10.2. The first kappa shape index (κ1) is 34.8. The Labute approximate surface area is 291 Å². The maximum atomic E-state index is 13.8. The molecular formula is C36H38N8O4S2. The minimum Gasteiger partial charge on any atom is -0.323 e. The Hall–Kier alpha value is -5.02. The topological polar surface area (TPSA) is 245 Å². The normalized spacial score (nSPS) is 22.4. The molecular weight excluding hydrogens is 673 g/mol. The number of hydrazone groups is 2. The van der Waals surface area contributed by atoms with Crippen molar-refractivity contribution in [3.05, 3.63) is 128 Å². The van der Waals surface area contributed by atoms with Gasteiger partial charge in [-0.05, 0) is 83.3 Å². The van der Waals surface area contributed by atoms with Crippen molar-refractivity contribution in [2.45, 2.75) is 50.0 Å². The van der Waals surface area contributed by atoms with Crippen LogP contribution in [0.2, 0.25) is 0 Å². The lowest BCUT2D eigenvalue weighted by Gasteiger charge is -2.40. The molecule has 2 atom stereocenters. The van der Waals surface area contributed by atoms with E-state index in [1.165, 1.54) is 0 Å². The summed E-state index contributed by atoms with van der Waals surface area (Å²) >= 11 is 0. The third-order valence-corrected chi connectivity index (χ3v) is 13.2. The maximum Gasteiger partial charge on any atom is 0.223 e. The Morgan fingerprint density at radius 2 is 0.880 bits per heavy atom. The van der Waals surface area contributed by atoms with Crippen LogP contribution in [-0.2, 0) is 29.5 Å². The molecule has 4 aromatic rings. The van der Waals surface area contributed by atoms with E-state index in [0.717, 1.165) is 11.1 Å². The number of aryl methyl sites for hydroxylation is 4. The molecule has 6 rings (SSSR count). The largest absolute Gasteiger partial charge is 0.323 e. The number of nitrogens with one attached hydrogen (secondary N) is 2. The minimum absolute atomic E-state index is 0.0416. The third kappa shape index (κ3) is 4.85. The van der Waals surface area contributed by atoms with Crippen molar-refractivity contribution < 1.29 is 16.8 Å². The molecule has 0 aromatic heterocycles.